The first-order chi connectivity index (χ1) is 9.04. The van der Waals surface area contributed by atoms with Crippen LogP contribution in [0.3, 0.4) is 0 Å². The molecule has 3 nitrogen and oxygen atoms in total. The van der Waals surface area contributed by atoms with E-state index in [-0.39, 0.29) is 6.42 Å². The molecule has 1 aromatic carbocycles. The molecule has 0 unspecified atom stereocenters. The average Bonchev–Trinajstić information content (AvgIpc) is 2.69. The third-order valence-electron chi connectivity index (χ3n) is 2.42. The van der Waals surface area contributed by atoms with Crippen molar-refractivity contribution in [2.45, 2.75) is 24.0 Å². The zero-order valence-electron chi connectivity index (χ0n) is 10.2. The van der Waals surface area contributed by atoms with E-state index < -0.39 is 5.97 Å². The molecular formula is C13H12ClNO2S2. The highest BCUT2D eigenvalue weighted by Gasteiger charge is 2.11. The van der Waals surface area contributed by atoms with Crippen LogP contribution in [0, 0.1) is 6.92 Å². The van der Waals surface area contributed by atoms with Gasteiger partial charge in [-0.2, -0.15) is 0 Å². The molecule has 19 heavy (non-hydrogen) atoms. The van der Waals surface area contributed by atoms with E-state index in [0.717, 1.165) is 31.2 Å². The Morgan fingerprint density at radius 2 is 2.11 bits per heavy atom. The molecular weight excluding hydrogens is 302 g/mol. The van der Waals surface area contributed by atoms with Crippen LogP contribution >= 0.6 is 34.7 Å². The third kappa shape index (κ3) is 4.23. The zero-order chi connectivity index (χ0) is 13.8. The van der Waals surface area contributed by atoms with Crippen molar-refractivity contribution in [2.75, 3.05) is 0 Å². The number of aromatic nitrogens is 1. The van der Waals surface area contributed by atoms with Crippen molar-refractivity contribution < 1.29 is 9.90 Å². The van der Waals surface area contributed by atoms with Crippen molar-refractivity contribution >= 4 is 40.7 Å². The number of carbonyl (C=O) groups is 1. The van der Waals surface area contributed by atoms with Crippen LogP contribution in [-0.2, 0) is 17.0 Å². The number of rotatable bonds is 5. The minimum atomic E-state index is -0.816. The van der Waals surface area contributed by atoms with Crippen LogP contribution in [0.1, 0.15) is 15.6 Å². The van der Waals surface area contributed by atoms with Gasteiger partial charge in [0.05, 0.1) is 17.9 Å². The van der Waals surface area contributed by atoms with Crippen molar-refractivity contribution in [2.24, 2.45) is 0 Å². The number of aryl methyl sites for hydroxylation is 1. The highest BCUT2D eigenvalue weighted by molar-refractivity contribution is 7.98. The standard InChI is InChI=1S/C13H12ClNO2S2/c1-8-11(6-13(16)17)19-12(15-8)7-18-10-4-2-9(14)3-5-10/h2-5H,6-7H2,1H3,(H,16,17). The summed E-state index contributed by atoms with van der Waals surface area (Å²) < 4.78 is 0. The van der Waals surface area contributed by atoms with Gasteiger partial charge in [-0.25, -0.2) is 4.98 Å². The third-order valence-corrected chi connectivity index (χ3v) is 5.04. The number of carboxylic acids is 1. The van der Waals surface area contributed by atoms with Crippen LogP contribution in [0.2, 0.25) is 5.02 Å². The Labute approximate surface area is 124 Å². The molecule has 6 heteroatoms. The summed E-state index contributed by atoms with van der Waals surface area (Å²) in [6.45, 7) is 1.85. The molecule has 1 heterocycles. The Kier molecular flexibility index (Phi) is 4.85. The Morgan fingerprint density at radius 3 is 2.74 bits per heavy atom. The zero-order valence-corrected chi connectivity index (χ0v) is 12.6. The topological polar surface area (TPSA) is 50.2 Å². The van der Waals surface area contributed by atoms with Gasteiger partial charge in [-0.1, -0.05) is 11.6 Å². The van der Waals surface area contributed by atoms with E-state index in [1.165, 1.54) is 11.3 Å². The number of aliphatic carboxylic acids is 1. The number of thiazole rings is 1. The smallest absolute Gasteiger partial charge is 0.308 e. The fraction of sp³-hybridized carbons (Fsp3) is 0.231. The number of carboxylic acid groups (broad SMARTS) is 1. The molecule has 0 aliphatic heterocycles. The van der Waals surface area contributed by atoms with Gasteiger partial charge >= 0.3 is 5.97 Å². The lowest BCUT2D eigenvalue weighted by Gasteiger charge is -1.98. The van der Waals surface area contributed by atoms with Crippen molar-refractivity contribution in [3.8, 4) is 0 Å². The van der Waals surface area contributed by atoms with Crippen molar-refractivity contribution in [3.63, 3.8) is 0 Å². The molecule has 0 atom stereocenters. The van der Waals surface area contributed by atoms with Crippen molar-refractivity contribution in [1.82, 2.24) is 4.98 Å². The van der Waals surface area contributed by atoms with E-state index in [1.54, 1.807) is 11.8 Å². The maximum Gasteiger partial charge on any atom is 0.308 e. The van der Waals surface area contributed by atoms with Crippen LogP contribution in [0.15, 0.2) is 29.2 Å². The minimum absolute atomic E-state index is 0.0507. The molecule has 0 radical (unpaired) electrons. The van der Waals surface area contributed by atoms with Gasteiger partial charge in [0, 0.05) is 14.8 Å². The van der Waals surface area contributed by atoms with Gasteiger partial charge in [-0.05, 0) is 31.2 Å². The Hall–Kier alpha value is -1.04. The number of nitrogens with zero attached hydrogens (tertiary/aromatic N) is 1. The molecule has 0 bridgehead atoms. The SMILES string of the molecule is Cc1nc(CSc2ccc(Cl)cc2)sc1CC(=O)O. The predicted molar refractivity (Wildman–Crippen MR) is 79.2 cm³/mol. The molecule has 0 saturated heterocycles. The average molecular weight is 314 g/mol. The summed E-state index contributed by atoms with van der Waals surface area (Å²) in [5.74, 6) is -0.0732. The van der Waals surface area contributed by atoms with Crippen LogP contribution in [0.25, 0.3) is 0 Å². The summed E-state index contributed by atoms with van der Waals surface area (Å²) in [6, 6.07) is 7.64. The van der Waals surface area contributed by atoms with Gasteiger partial charge in [0.1, 0.15) is 5.01 Å². The maximum absolute atomic E-state index is 10.7. The van der Waals surface area contributed by atoms with Gasteiger partial charge < -0.3 is 5.11 Å². The molecule has 2 aromatic rings. The molecule has 0 aliphatic rings. The molecule has 100 valence electrons. The molecule has 2 rings (SSSR count). The second kappa shape index (κ2) is 6.41. The lowest BCUT2D eigenvalue weighted by atomic mass is 10.3. The summed E-state index contributed by atoms with van der Waals surface area (Å²) in [5.41, 5.74) is 0.819. The first-order valence-electron chi connectivity index (χ1n) is 5.60. The normalized spacial score (nSPS) is 10.6. The summed E-state index contributed by atoms with van der Waals surface area (Å²) in [4.78, 5) is 17.1. The molecule has 0 amide bonds. The molecule has 0 saturated carbocycles. The number of benzene rings is 1. The van der Waals surface area contributed by atoms with Gasteiger partial charge in [-0.3, -0.25) is 4.79 Å². The summed E-state index contributed by atoms with van der Waals surface area (Å²) in [6.07, 6.45) is 0.0507. The minimum Gasteiger partial charge on any atom is -0.481 e. The van der Waals surface area contributed by atoms with Crippen molar-refractivity contribution in [1.29, 1.82) is 0 Å². The molecule has 0 fully saturated rings. The summed E-state index contributed by atoms with van der Waals surface area (Å²) in [5, 5.41) is 10.5. The highest BCUT2D eigenvalue weighted by Crippen LogP contribution is 2.27. The second-order valence-electron chi connectivity index (χ2n) is 3.93. The molecule has 0 spiro atoms. The van der Waals surface area contributed by atoms with Gasteiger partial charge in [-0.15, -0.1) is 23.1 Å². The first kappa shape index (κ1) is 14.4. The highest BCUT2D eigenvalue weighted by atomic mass is 35.5. The van der Waals surface area contributed by atoms with Crippen LogP contribution in [0.4, 0.5) is 0 Å². The Morgan fingerprint density at radius 1 is 1.42 bits per heavy atom. The maximum atomic E-state index is 10.7. The Bertz CT molecular complexity index is 581. The summed E-state index contributed by atoms with van der Waals surface area (Å²) in [7, 11) is 0. The van der Waals surface area contributed by atoms with Gasteiger partial charge in [0.15, 0.2) is 0 Å². The quantitative estimate of drug-likeness (QED) is 0.847. The lowest BCUT2D eigenvalue weighted by molar-refractivity contribution is -0.136. The van der Waals surface area contributed by atoms with Crippen molar-refractivity contribution in [3.05, 3.63) is 44.9 Å². The van der Waals surface area contributed by atoms with E-state index in [1.807, 2.05) is 31.2 Å². The van der Waals surface area contributed by atoms with E-state index in [9.17, 15) is 4.79 Å². The number of thioether (sulfide) groups is 1. The van der Waals surface area contributed by atoms with Crippen LogP contribution in [0.5, 0.6) is 0 Å². The monoisotopic (exact) mass is 313 g/mol. The van der Waals surface area contributed by atoms with Gasteiger partial charge in [0.2, 0.25) is 0 Å². The number of hydrogen-bond acceptors (Lipinski definition) is 4. The number of hydrogen-bond donors (Lipinski definition) is 1. The Balaban J connectivity index is 1.99. The summed E-state index contributed by atoms with van der Waals surface area (Å²) >= 11 is 8.96. The van der Waals surface area contributed by atoms with E-state index in [4.69, 9.17) is 16.7 Å². The van der Waals surface area contributed by atoms with Gasteiger partial charge in [0.25, 0.3) is 0 Å². The fourth-order valence-electron chi connectivity index (χ4n) is 1.53. The second-order valence-corrected chi connectivity index (χ2v) is 6.58. The van der Waals surface area contributed by atoms with E-state index >= 15 is 0 Å². The lowest BCUT2D eigenvalue weighted by Crippen LogP contribution is -1.99. The fourth-order valence-corrected chi connectivity index (χ4v) is 3.60. The van der Waals surface area contributed by atoms with Crippen LogP contribution < -0.4 is 0 Å². The molecule has 0 aliphatic carbocycles. The largest absolute Gasteiger partial charge is 0.481 e. The molecule has 1 aromatic heterocycles. The van der Waals surface area contributed by atoms with Crippen LogP contribution in [-0.4, -0.2) is 16.1 Å². The first-order valence-corrected chi connectivity index (χ1v) is 7.78. The number of halogens is 1. The molecule has 1 N–H and O–H groups in total. The van der Waals surface area contributed by atoms with E-state index in [2.05, 4.69) is 4.98 Å². The van der Waals surface area contributed by atoms with E-state index in [0.29, 0.717) is 0 Å². The predicted octanol–water partition coefficient (Wildman–Crippen LogP) is 4.02.